The minimum Gasteiger partial charge on any atom is -0.299 e. The van der Waals surface area contributed by atoms with Crippen molar-refractivity contribution >= 4 is 17.3 Å². The number of carbonyl (C=O) groups is 3. The monoisotopic (exact) mass is 230 g/mol. The van der Waals surface area contributed by atoms with E-state index in [1.807, 2.05) is 6.07 Å². The quantitative estimate of drug-likeness (QED) is 0.590. The van der Waals surface area contributed by atoms with Gasteiger partial charge in [-0.15, -0.1) is 0 Å². The second kappa shape index (κ2) is 5.04. The Labute approximate surface area is 99.8 Å². The molecule has 0 radical (unpaired) electrons. The maximum Gasteiger partial charge on any atom is 0.164 e. The summed E-state index contributed by atoms with van der Waals surface area (Å²) in [5.41, 5.74) is 0.568. The van der Waals surface area contributed by atoms with E-state index in [9.17, 15) is 14.4 Å². The molecular formula is C14H14O3. The highest BCUT2D eigenvalue weighted by atomic mass is 16.2. The maximum absolute atomic E-state index is 11.9. The average molecular weight is 230 g/mol. The van der Waals surface area contributed by atoms with E-state index < -0.39 is 5.92 Å². The first-order chi connectivity index (χ1) is 8.18. The predicted molar refractivity (Wildman–Crippen MR) is 62.7 cm³/mol. The van der Waals surface area contributed by atoms with E-state index in [2.05, 4.69) is 0 Å². The van der Waals surface area contributed by atoms with Crippen LogP contribution in [0, 0.1) is 5.92 Å². The molecule has 1 aliphatic carbocycles. The predicted octanol–water partition coefficient (Wildman–Crippen LogP) is 2.20. The number of hydrogen-bond donors (Lipinski definition) is 0. The van der Waals surface area contributed by atoms with Gasteiger partial charge in [-0.05, 0) is 6.42 Å². The van der Waals surface area contributed by atoms with Gasteiger partial charge in [0.15, 0.2) is 5.78 Å². The van der Waals surface area contributed by atoms with Gasteiger partial charge in [-0.2, -0.15) is 0 Å². The summed E-state index contributed by atoms with van der Waals surface area (Å²) >= 11 is 0. The van der Waals surface area contributed by atoms with Crippen LogP contribution >= 0.6 is 0 Å². The Morgan fingerprint density at radius 1 is 1.06 bits per heavy atom. The van der Waals surface area contributed by atoms with E-state index in [4.69, 9.17) is 0 Å². The summed E-state index contributed by atoms with van der Waals surface area (Å²) in [5, 5.41) is 0. The van der Waals surface area contributed by atoms with Crippen molar-refractivity contribution in [1.82, 2.24) is 0 Å². The molecule has 0 atom stereocenters. The normalized spacial score (nSPS) is 17.2. The fraction of sp³-hybridized carbons (Fsp3) is 0.357. The van der Waals surface area contributed by atoms with Crippen molar-refractivity contribution in [1.29, 1.82) is 0 Å². The molecule has 3 heteroatoms. The van der Waals surface area contributed by atoms with Crippen molar-refractivity contribution in [2.45, 2.75) is 25.7 Å². The minimum atomic E-state index is -0.698. The summed E-state index contributed by atoms with van der Waals surface area (Å²) in [7, 11) is 0. The molecule has 0 spiro atoms. The first-order valence-corrected chi connectivity index (χ1v) is 5.82. The van der Waals surface area contributed by atoms with Crippen LogP contribution < -0.4 is 0 Å². The van der Waals surface area contributed by atoms with Gasteiger partial charge in [0.2, 0.25) is 0 Å². The second-order valence-corrected chi connectivity index (χ2v) is 4.33. The van der Waals surface area contributed by atoms with Gasteiger partial charge < -0.3 is 0 Å². The van der Waals surface area contributed by atoms with Gasteiger partial charge in [-0.1, -0.05) is 30.3 Å². The lowest BCUT2D eigenvalue weighted by Crippen LogP contribution is -2.30. The molecule has 88 valence electrons. The number of benzene rings is 1. The third kappa shape index (κ3) is 2.67. The molecule has 2 rings (SSSR count). The van der Waals surface area contributed by atoms with Crippen LogP contribution in [-0.4, -0.2) is 17.3 Å². The van der Waals surface area contributed by atoms with Gasteiger partial charge in [0.1, 0.15) is 11.6 Å². The smallest absolute Gasteiger partial charge is 0.164 e. The molecule has 3 nitrogen and oxygen atoms in total. The molecular weight excluding hydrogens is 216 g/mol. The van der Waals surface area contributed by atoms with E-state index in [1.165, 1.54) is 0 Å². The Balaban J connectivity index is 2.08. The molecule has 0 saturated heterocycles. The Hall–Kier alpha value is -1.77. The largest absolute Gasteiger partial charge is 0.299 e. The van der Waals surface area contributed by atoms with Crippen LogP contribution in [0.5, 0.6) is 0 Å². The highest BCUT2D eigenvalue weighted by Gasteiger charge is 2.31. The lowest BCUT2D eigenvalue weighted by atomic mass is 9.82. The van der Waals surface area contributed by atoms with Crippen LogP contribution in [-0.2, 0) is 9.59 Å². The number of ketones is 3. The molecule has 0 unspecified atom stereocenters. The third-order valence-electron chi connectivity index (χ3n) is 3.11. The summed E-state index contributed by atoms with van der Waals surface area (Å²) in [6.45, 7) is 0. The Kier molecular flexibility index (Phi) is 3.47. The van der Waals surface area contributed by atoms with E-state index in [-0.39, 0.29) is 23.8 Å². The zero-order valence-corrected chi connectivity index (χ0v) is 9.52. The van der Waals surface area contributed by atoms with Crippen LogP contribution in [0.15, 0.2) is 30.3 Å². The summed E-state index contributed by atoms with van der Waals surface area (Å²) in [6.07, 6.45) is 1.52. The van der Waals surface area contributed by atoms with E-state index in [0.717, 1.165) is 0 Å². The van der Waals surface area contributed by atoms with Crippen molar-refractivity contribution in [3.63, 3.8) is 0 Å². The van der Waals surface area contributed by atoms with Crippen LogP contribution in [0.4, 0.5) is 0 Å². The summed E-state index contributed by atoms with van der Waals surface area (Å²) in [5.74, 6) is -0.980. The average Bonchev–Trinajstić information content (AvgIpc) is 2.35. The molecule has 0 aliphatic heterocycles. The minimum absolute atomic E-state index is 0.0294. The molecule has 1 fully saturated rings. The summed E-state index contributed by atoms with van der Waals surface area (Å²) < 4.78 is 0. The summed E-state index contributed by atoms with van der Waals surface area (Å²) in [4.78, 5) is 35.1. The molecule has 0 amide bonds. The molecule has 1 aliphatic rings. The van der Waals surface area contributed by atoms with Crippen molar-refractivity contribution in [2.24, 2.45) is 5.92 Å². The van der Waals surface area contributed by atoms with Gasteiger partial charge in [0.05, 0.1) is 5.92 Å². The van der Waals surface area contributed by atoms with Crippen LogP contribution in [0.25, 0.3) is 0 Å². The number of rotatable bonds is 3. The molecule has 0 N–H and O–H groups in total. The molecule has 17 heavy (non-hydrogen) atoms. The zero-order chi connectivity index (χ0) is 12.3. The highest BCUT2D eigenvalue weighted by molar-refractivity contribution is 6.09. The van der Waals surface area contributed by atoms with Crippen LogP contribution in [0.2, 0.25) is 0 Å². The fourth-order valence-corrected chi connectivity index (χ4v) is 2.12. The molecule has 0 heterocycles. The third-order valence-corrected chi connectivity index (χ3v) is 3.11. The van der Waals surface area contributed by atoms with Crippen molar-refractivity contribution in [3.8, 4) is 0 Å². The Morgan fingerprint density at radius 2 is 1.65 bits per heavy atom. The van der Waals surface area contributed by atoms with Crippen LogP contribution in [0.3, 0.4) is 0 Å². The first-order valence-electron chi connectivity index (χ1n) is 5.82. The van der Waals surface area contributed by atoms with Gasteiger partial charge >= 0.3 is 0 Å². The number of hydrogen-bond acceptors (Lipinski definition) is 3. The fourth-order valence-electron chi connectivity index (χ4n) is 2.12. The van der Waals surface area contributed by atoms with Gasteiger partial charge in [0, 0.05) is 24.8 Å². The van der Waals surface area contributed by atoms with Gasteiger partial charge in [0.25, 0.3) is 0 Å². The standard InChI is InChI=1S/C14H14O3/c15-12-7-4-8-13(16)11(12)9-14(17)10-5-2-1-3-6-10/h1-3,5-6,11H,4,7-9H2. The van der Waals surface area contributed by atoms with Crippen molar-refractivity contribution in [2.75, 3.05) is 0 Å². The lowest BCUT2D eigenvalue weighted by Gasteiger charge is -2.18. The molecule has 1 aromatic carbocycles. The number of carbonyl (C=O) groups excluding carboxylic acids is 3. The first kappa shape index (κ1) is 11.7. The second-order valence-electron chi connectivity index (χ2n) is 4.33. The molecule has 1 saturated carbocycles. The van der Waals surface area contributed by atoms with Gasteiger partial charge in [-0.3, -0.25) is 14.4 Å². The van der Waals surface area contributed by atoms with E-state index >= 15 is 0 Å². The SMILES string of the molecule is O=C(CC1C(=O)CCCC1=O)c1ccccc1. The van der Waals surface area contributed by atoms with Crippen molar-refractivity contribution in [3.05, 3.63) is 35.9 Å². The van der Waals surface area contributed by atoms with Crippen molar-refractivity contribution < 1.29 is 14.4 Å². The Morgan fingerprint density at radius 3 is 2.24 bits per heavy atom. The molecule has 1 aromatic rings. The van der Waals surface area contributed by atoms with E-state index in [1.54, 1.807) is 24.3 Å². The lowest BCUT2D eigenvalue weighted by molar-refractivity contribution is -0.135. The topological polar surface area (TPSA) is 51.2 Å². The Bertz CT molecular complexity index is 432. The highest BCUT2D eigenvalue weighted by Crippen LogP contribution is 2.22. The molecule has 0 aromatic heterocycles. The zero-order valence-electron chi connectivity index (χ0n) is 9.52. The maximum atomic E-state index is 11.9. The summed E-state index contributed by atoms with van der Waals surface area (Å²) in [6, 6.07) is 8.80. The number of Topliss-reactive ketones (excluding diaryl/α,β-unsaturated/α-hetero) is 3. The van der Waals surface area contributed by atoms with Gasteiger partial charge in [-0.25, -0.2) is 0 Å². The van der Waals surface area contributed by atoms with E-state index in [0.29, 0.717) is 24.8 Å². The van der Waals surface area contributed by atoms with Crippen LogP contribution in [0.1, 0.15) is 36.0 Å². The molecule has 0 bridgehead atoms.